The highest BCUT2D eigenvalue weighted by Crippen LogP contribution is 2.37. The molecule has 0 unspecified atom stereocenters. The largest absolute Gasteiger partial charge is 0.493 e. The number of aliphatic carboxylic acids is 1. The van der Waals surface area contributed by atoms with Crippen LogP contribution >= 0.6 is 0 Å². The molecule has 0 spiro atoms. The molecule has 1 aliphatic carbocycles. The van der Waals surface area contributed by atoms with E-state index < -0.39 is 5.97 Å². The van der Waals surface area contributed by atoms with Gasteiger partial charge in [-0.05, 0) is 72.6 Å². The van der Waals surface area contributed by atoms with Crippen LogP contribution in [0.1, 0.15) is 66.7 Å². The third kappa shape index (κ3) is 4.82. The molecule has 2 aromatic carbocycles. The summed E-state index contributed by atoms with van der Waals surface area (Å²) in [5.74, 6) is 2.15. The molecule has 1 aromatic heterocycles. The van der Waals surface area contributed by atoms with Gasteiger partial charge < -0.3 is 14.3 Å². The molecule has 1 N–H and O–H groups in total. The highest BCUT2D eigenvalue weighted by molar-refractivity contribution is 5.68. The van der Waals surface area contributed by atoms with Crippen LogP contribution < -0.4 is 4.74 Å². The fourth-order valence-corrected chi connectivity index (χ4v) is 4.25. The molecule has 162 valence electrons. The lowest BCUT2D eigenvalue weighted by atomic mass is 9.98. The van der Waals surface area contributed by atoms with E-state index in [1.807, 2.05) is 19.1 Å². The van der Waals surface area contributed by atoms with Gasteiger partial charge >= 0.3 is 5.97 Å². The third-order valence-electron chi connectivity index (χ3n) is 6.06. The van der Waals surface area contributed by atoms with Gasteiger partial charge in [0.05, 0.1) is 18.7 Å². The van der Waals surface area contributed by atoms with E-state index in [1.54, 1.807) is 0 Å². The zero-order valence-electron chi connectivity index (χ0n) is 18.4. The van der Waals surface area contributed by atoms with Crippen molar-refractivity contribution in [2.24, 2.45) is 0 Å². The van der Waals surface area contributed by atoms with Crippen molar-refractivity contribution in [2.45, 2.75) is 58.3 Å². The number of oxazole rings is 1. The van der Waals surface area contributed by atoms with Gasteiger partial charge in [-0.3, -0.25) is 4.79 Å². The zero-order chi connectivity index (χ0) is 22.0. The molecule has 31 heavy (non-hydrogen) atoms. The molecule has 0 fully saturated rings. The van der Waals surface area contributed by atoms with E-state index in [9.17, 15) is 4.79 Å². The van der Waals surface area contributed by atoms with Crippen LogP contribution in [0.5, 0.6) is 5.75 Å². The molecule has 0 amide bonds. The second kappa shape index (κ2) is 8.96. The average Bonchev–Trinajstić information content (AvgIpc) is 3.31. The van der Waals surface area contributed by atoms with Crippen LogP contribution in [0.15, 0.2) is 46.9 Å². The topological polar surface area (TPSA) is 72.6 Å². The molecule has 5 heteroatoms. The van der Waals surface area contributed by atoms with Crippen LogP contribution in [0, 0.1) is 6.92 Å². The van der Waals surface area contributed by atoms with Crippen LogP contribution in [-0.4, -0.2) is 22.7 Å². The Balaban J connectivity index is 1.37. The molecule has 1 aliphatic rings. The van der Waals surface area contributed by atoms with Crippen molar-refractivity contribution in [3.05, 3.63) is 70.6 Å². The van der Waals surface area contributed by atoms with Gasteiger partial charge in [0.1, 0.15) is 11.5 Å². The summed E-state index contributed by atoms with van der Waals surface area (Å²) in [4.78, 5) is 15.7. The summed E-state index contributed by atoms with van der Waals surface area (Å²) in [5.41, 5.74) is 5.54. The van der Waals surface area contributed by atoms with Crippen LogP contribution in [-0.2, 0) is 17.6 Å². The lowest BCUT2D eigenvalue weighted by Crippen LogP contribution is -2.04. The third-order valence-corrected chi connectivity index (χ3v) is 6.06. The van der Waals surface area contributed by atoms with Gasteiger partial charge in [-0.25, -0.2) is 4.98 Å². The van der Waals surface area contributed by atoms with Crippen LogP contribution in [0.3, 0.4) is 0 Å². The van der Waals surface area contributed by atoms with Crippen molar-refractivity contribution in [3.63, 3.8) is 0 Å². The number of carboxylic acid groups (broad SMARTS) is 1. The van der Waals surface area contributed by atoms with E-state index in [0.29, 0.717) is 24.8 Å². The molecule has 0 bridgehead atoms. The van der Waals surface area contributed by atoms with Gasteiger partial charge in [0.2, 0.25) is 5.89 Å². The maximum absolute atomic E-state index is 11.0. The fourth-order valence-electron chi connectivity index (χ4n) is 4.25. The fraction of sp³-hybridized carbons (Fsp3) is 0.385. The van der Waals surface area contributed by atoms with Gasteiger partial charge in [0.25, 0.3) is 0 Å². The Hall–Kier alpha value is -3.08. The number of hydrogen-bond acceptors (Lipinski definition) is 4. The van der Waals surface area contributed by atoms with Gasteiger partial charge in [-0.1, -0.05) is 32.0 Å². The van der Waals surface area contributed by atoms with E-state index in [2.05, 4.69) is 49.2 Å². The molecule has 1 heterocycles. The molecule has 3 aromatic rings. The van der Waals surface area contributed by atoms with E-state index >= 15 is 0 Å². The summed E-state index contributed by atoms with van der Waals surface area (Å²) >= 11 is 0. The average molecular weight is 420 g/mol. The van der Waals surface area contributed by atoms with E-state index in [-0.39, 0.29) is 12.3 Å². The molecule has 5 nitrogen and oxygen atoms in total. The van der Waals surface area contributed by atoms with E-state index in [4.69, 9.17) is 14.3 Å². The van der Waals surface area contributed by atoms with Crippen molar-refractivity contribution in [1.82, 2.24) is 4.98 Å². The Kier molecular flexibility index (Phi) is 6.12. The van der Waals surface area contributed by atoms with E-state index in [1.165, 1.54) is 11.1 Å². The summed E-state index contributed by atoms with van der Waals surface area (Å²) in [7, 11) is 0. The van der Waals surface area contributed by atoms with Gasteiger partial charge in [-0.15, -0.1) is 0 Å². The molecule has 1 atom stereocenters. The first-order chi connectivity index (χ1) is 14.9. The highest BCUT2D eigenvalue weighted by atomic mass is 16.5. The first kappa shape index (κ1) is 21.2. The van der Waals surface area contributed by atoms with Gasteiger partial charge in [0, 0.05) is 12.0 Å². The zero-order valence-corrected chi connectivity index (χ0v) is 18.4. The van der Waals surface area contributed by atoms with E-state index in [0.717, 1.165) is 41.2 Å². The first-order valence-electron chi connectivity index (χ1n) is 10.9. The number of aryl methyl sites for hydroxylation is 2. The minimum absolute atomic E-state index is 0.118. The number of carbonyl (C=O) groups is 1. The van der Waals surface area contributed by atoms with Crippen molar-refractivity contribution in [1.29, 1.82) is 0 Å². The number of benzene rings is 2. The van der Waals surface area contributed by atoms with Gasteiger partial charge in [-0.2, -0.15) is 0 Å². The highest BCUT2D eigenvalue weighted by Gasteiger charge is 2.25. The summed E-state index contributed by atoms with van der Waals surface area (Å²) in [5, 5.41) is 9.07. The molecular weight excluding hydrogens is 390 g/mol. The molecule has 4 rings (SSSR count). The number of nitrogens with zero attached hydrogens (tertiary/aromatic N) is 1. The maximum atomic E-state index is 11.0. The van der Waals surface area contributed by atoms with Crippen molar-refractivity contribution < 1.29 is 19.1 Å². The molecular formula is C26H29NO4. The minimum atomic E-state index is -0.739. The Bertz CT molecular complexity index is 1070. The standard InChI is InChI=1S/C26H29NO4/c1-16(2)18-4-6-19(7-5-18)26-27-24(17(3)31-26)12-13-30-22-10-11-23-20(14-22)8-9-21(23)15-25(28)29/h4-7,10-11,14,16,21H,8-9,12-13,15H2,1-3H3,(H,28,29)/t21-/m0/s1. The number of rotatable bonds is 8. The van der Waals surface area contributed by atoms with Crippen molar-refractivity contribution >= 4 is 5.97 Å². The van der Waals surface area contributed by atoms with Crippen LogP contribution in [0.4, 0.5) is 0 Å². The number of fused-ring (bicyclic) bond motifs is 1. The second-order valence-electron chi connectivity index (χ2n) is 8.59. The molecule has 0 radical (unpaired) electrons. The summed E-state index contributed by atoms with van der Waals surface area (Å²) in [6.45, 7) is 6.80. The molecule has 0 saturated heterocycles. The maximum Gasteiger partial charge on any atom is 0.303 e. The predicted molar refractivity (Wildman–Crippen MR) is 120 cm³/mol. The Labute approximate surface area is 183 Å². The smallest absolute Gasteiger partial charge is 0.303 e. The second-order valence-corrected chi connectivity index (χ2v) is 8.59. The first-order valence-corrected chi connectivity index (χ1v) is 10.9. The SMILES string of the molecule is Cc1oc(-c2ccc(C(C)C)cc2)nc1CCOc1ccc2c(c1)CC[C@H]2CC(=O)O. The lowest BCUT2D eigenvalue weighted by Gasteiger charge is -2.10. The van der Waals surface area contributed by atoms with Crippen LogP contribution in [0.25, 0.3) is 11.5 Å². The summed E-state index contributed by atoms with van der Waals surface area (Å²) in [6.07, 6.45) is 2.66. The van der Waals surface area contributed by atoms with Gasteiger partial charge in [0.15, 0.2) is 0 Å². The number of aromatic nitrogens is 1. The normalized spacial score (nSPS) is 15.3. The van der Waals surface area contributed by atoms with Crippen molar-refractivity contribution in [3.8, 4) is 17.2 Å². The predicted octanol–water partition coefficient (Wildman–Crippen LogP) is 5.90. The Morgan fingerprint density at radius 3 is 2.71 bits per heavy atom. The Morgan fingerprint density at radius 1 is 1.23 bits per heavy atom. The molecule has 0 aliphatic heterocycles. The quantitative estimate of drug-likeness (QED) is 0.492. The minimum Gasteiger partial charge on any atom is -0.493 e. The van der Waals surface area contributed by atoms with Crippen LogP contribution in [0.2, 0.25) is 0 Å². The van der Waals surface area contributed by atoms with Crippen molar-refractivity contribution in [2.75, 3.05) is 6.61 Å². The number of hydrogen-bond donors (Lipinski definition) is 1. The summed E-state index contributed by atoms with van der Waals surface area (Å²) < 4.78 is 11.9. The monoisotopic (exact) mass is 419 g/mol. The Morgan fingerprint density at radius 2 is 2.00 bits per heavy atom. The number of ether oxygens (including phenoxy) is 1. The lowest BCUT2D eigenvalue weighted by molar-refractivity contribution is -0.137. The number of carboxylic acids is 1. The summed E-state index contributed by atoms with van der Waals surface area (Å²) in [6, 6.07) is 14.4. The molecule has 0 saturated carbocycles.